The number of hydrogen-bond donors (Lipinski definition) is 0. The van der Waals surface area contributed by atoms with E-state index in [1.165, 1.54) is 59.5 Å². The van der Waals surface area contributed by atoms with E-state index in [1.807, 2.05) is 39.0 Å². The second-order valence-corrected chi connectivity index (χ2v) is 26.1. The van der Waals surface area contributed by atoms with Gasteiger partial charge in [0.05, 0.1) is 19.1 Å². The van der Waals surface area contributed by atoms with E-state index in [4.69, 9.17) is 9.47 Å². The summed E-state index contributed by atoms with van der Waals surface area (Å²) in [5.74, 6) is -15.9. The van der Waals surface area contributed by atoms with Crippen LogP contribution in [0, 0.1) is 0 Å². The molecule has 0 spiro atoms. The SMILES string of the molecule is COc1cc2sc(-c3ccc(C(C)(C)C)cc3)c(C3=C(c4cc(-c5cc6c(s5)C(C)(C)CCC6(C)C)sc4-c4cc5c(s4)C(C)(C)CCC5(C)C)C(F)(F)C(F)(F)C3(F)F)c2cc1OC. The number of benzene rings is 2. The van der Waals surface area contributed by atoms with Crippen molar-refractivity contribution in [3.63, 3.8) is 0 Å². The number of halogens is 6. The maximum Gasteiger partial charge on any atom is 0.380 e. The lowest BCUT2D eigenvalue weighted by Crippen LogP contribution is -2.48. The van der Waals surface area contributed by atoms with Gasteiger partial charge in [-0.3, -0.25) is 0 Å². The van der Waals surface area contributed by atoms with Crippen molar-refractivity contribution in [3.8, 4) is 41.4 Å². The molecule has 0 saturated heterocycles. The number of hydrogen-bond acceptors (Lipinski definition) is 6. The zero-order valence-corrected chi connectivity index (χ0v) is 42.5. The molecule has 346 valence electrons. The summed E-state index contributed by atoms with van der Waals surface area (Å²) < 4.78 is 115. The Balaban J connectivity index is 1.41. The van der Waals surface area contributed by atoms with Crippen LogP contribution in [0.5, 0.6) is 11.5 Å². The summed E-state index contributed by atoms with van der Waals surface area (Å²) in [6, 6.07) is 15.9. The monoisotopic (exact) mass is 966 g/mol. The lowest BCUT2D eigenvalue weighted by atomic mass is 9.67. The van der Waals surface area contributed by atoms with Crippen molar-refractivity contribution in [1.82, 2.24) is 0 Å². The Kier molecular flexibility index (Phi) is 10.5. The molecular formula is C53H56F6O2S4. The third-order valence-electron chi connectivity index (χ3n) is 14.5. The van der Waals surface area contributed by atoms with Crippen LogP contribution in [0.25, 0.3) is 51.2 Å². The van der Waals surface area contributed by atoms with Gasteiger partial charge in [-0.05, 0) is 99.3 Å². The average Bonchev–Trinajstić information content (AvgIpc) is 4.05. The van der Waals surface area contributed by atoms with Crippen molar-refractivity contribution in [2.24, 2.45) is 0 Å². The first-order chi connectivity index (χ1) is 30.0. The standard InChI is InChI=1S/C53H56F6O2S4/c1-46(2,3)28-16-14-27(15-17-28)42-39(29-22-33(60-12)34(61-13)26-35(29)62-42)41-40(51(54,55)53(58,59)52(41,56)57)30-23-36(37-24-31-44(64-37)49(8,9)20-18-47(31,4)5)63-43(30)38-25-32-45(65-38)50(10,11)21-19-48(32,6)7/h14-17,22-26H,18-21H2,1-13H3. The van der Waals surface area contributed by atoms with Crippen LogP contribution in [0.3, 0.4) is 0 Å². The molecule has 2 nitrogen and oxygen atoms in total. The Morgan fingerprint density at radius 3 is 1.52 bits per heavy atom. The summed E-state index contributed by atoms with van der Waals surface area (Å²) in [6.45, 7) is 23.6. The summed E-state index contributed by atoms with van der Waals surface area (Å²) in [7, 11) is 2.82. The Bertz CT molecular complexity index is 2860. The van der Waals surface area contributed by atoms with Crippen LogP contribution < -0.4 is 9.47 Å². The van der Waals surface area contributed by atoms with E-state index in [-0.39, 0.29) is 64.8 Å². The van der Waals surface area contributed by atoms with Crippen molar-refractivity contribution in [3.05, 3.63) is 92.2 Å². The maximum absolute atomic E-state index is 17.4. The molecule has 0 aliphatic heterocycles. The molecule has 0 fully saturated rings. The summed E-state index contributed by atoms with van der Waals surface area (Å²) in [4.78, 5) is 4.71. The zero-order valence-electron chi connectivity index (χ0n) is 39.2. The van der Waals surface area contributed by atoms with Crippen molar-refractivity contribution < 1.29 is 35.8 Å². The van der Waals surface area contributed by atoms with Crippen LogP contribution in [-0.4, -0.2) is 32.0 Å². The van der Waals surface area contributed by atoms with Crippen molar-refractivity contribution in [2.45, 2.75) is 147 Å². The molecule has 12 heteroatoms. The molecule has 9 rings (SSSR count). The number of rotatable bonds is 7. The molecule has 6 aromatic rings. The van der Waals surface area contributed by atoms with Gasteiger partial charge < -0.3 is 9.47 Å². The number of ether oxygens (including phenoxy) is 2. The van der Waals surface area contributed by atoms with Gasteiger partial charge in [-0.25, -0.2) is 0 Å². The van der Waals surface area contributed by atoms with Crippen LogP contribution >= 0.6 is 45.3 Å². The number of alkyl halides is 6. The third kappa shape index (κ3) is 6.94. The number of methoxy groups -OCH3 is 2. The molecule has 4 aromatic heterocycles. The van der Waals surface area contributed by atoms with E-state index >= 15 is 26.3 Å². The third-order valence-corrected chi connectivity index (χ3v) is 20.2. The van der Waals surface area contributed by atoms with Gasteiger partial charge in [0.15, 0.2) is 11.5 Å². The van der Waals surface area contributed by atoms with E-state index in [9.17, 15) is 0 Å². The molecule has 0 N–H and O–H groups in total. The summed E-state index contributed by atoms with van der Waals surface area (Å²) in [6.07, 6.45) is 3.70. The first-order valence-electron chi connectivity index (χ1n) is 22.1. The van der Waals surface area contributed by atoms with Gasteiger partial charge in [0.2, 0.25) is 0 Å². The fourth-order valence-corrected chi connectivity index (χ4v) is 15.6. The van der Waals surface area contributed by atoms with Crippen LogP contribution in [-0.2, 0) is 27.1 Å². The molecule has 4 heterocycles. The molecule has 3 aliphatic rings. The van der Waals surface area contributed by atoms with Gasteiger partial charge in [-0.2, -0.15) is 26.3 Å². The van der Waals surface area contributed by atoms with Crippen molar-refractivity contribution in [1.29, 1.82) is 0 Å². The van der Waals surface area contributed by atoms with E-state index in [0.29, 0.717) is 20.0 Å². The minimum atomic E-state index is -5.78. The molecule has 0 atom stereocenters. The van der Waals surface area contributed by atoms with E-state index < -0.39 is 28.9 Å². The van der Waals surface area contributed by atoms with Gasteiger partial charge in [0.25, 0.3) is 0 Å². The zero-order chi connectivity index (χ0) is 47.4. The molecule has 0 saturated carbocycles. The largest absolute Gasteiger partial charge is 0.493 e. The van der Waals surface area contributed by atoms with Gasteiger partial charge >= 0.3 is 17.8 Å². The highest BCUT2D eigenvalue weighted by molar-refractivity contribution is 7.27. The maximum atomic E-state index is 17.4. The minimum absolute atomic E-state index is 0.0886. The number of fused-ring (bicyclic) bond motifs is 3. The van der Waals surface area contributed by atoms with Crippen LogP contribution in [0.1, 0.15) is 139 Å². The highest BCUT2D eigenvalue weighted by Crippen LogP contribution is 2.69. The lowest BCUT2D eigenvalue weighted by molar-refractivity contribution is -0.254. The molecular weight excluding hydrogens is 911 g/mol. The Labute approximate surface area is 394 Å². The van der Waals surface area contributed by atoms with Gasteiger partial charge in [-0.15, -0.1) is 45.3 Å². The van der Waals surface area contributed by atoms with Crippen LogP contribution in [0.4, 0.5) is 26.3 Å². The van der Waals surface area contributed by atoms with Crippen LogP contribution in [0.15, 0.2) is 54.6 Å². The number of thiophene rings is 4. The summed E-state index contributed by atoms with van der Waals surface area (Å²) >= 11 is 5.35. The highest BCUT2D eigenvalue weighted by atomic mass is 32.1. The molecule has 0 radical (unpaired) electrons. The molecule has 0 unspecified atom stereocenters. The topological polar surface area (TPSA) is 18.5 Å². The molecule has 0 amide bonds. The van der Waals surface area contributed by atoms with Gasteiger partial charge in [0.1, 0.15) is 0 Å². The lowest BCUT2D eigenvalue weighted by Gasteiger charge is -2.39. The fourth-order valence-electron chi connectivity index (χ4n) is 10.1. The summed E-state index contributed by atoms with van der Waals surface area (Å²) in [5.41, 5.74) is -0.816. The fraction of sp³-hybridized carbons (Fsp3) is 0.472. The Morgan fingerprint density at radius 2 is 1.00 bits per heavy atom. The predicted molar refractivity (Wildman–Crippen MR) is 262 cm³/mol. The normalized spacial score (nSPS) is 21.1. The van der Waals surface area contributed by atoms with Crippen LogP contribution in [0.2, 0.25) is 0 Å². The first kappa shape index (κ1) is 46.5. The van der Waals surface area contributed by atoms with Gasteiger partial charge in [0, 0.05) is 67.7 Å². The second kappa shape index (κ2) is 14.7. The van der Waals surface area contributed by atoms with Gasteiger partial charge in [-0.1, -0.05) is 100 Å². The molecule has 65 heavy (non-hydrogen) atoms. The highest BCUT2D eigenvalue weighted by Gasteiger charge is 2.80. The molecule has 0 bridgehead atoms. The average molecular weight is 967 g/mol. The second-order valence-electron chi connectivity index (χ2n) is 21.9. The number of allylic oxidation sites excluding steroid dienone is 2. The minimum Gasteiger partial charge on any atom is -0.493 e. The predicted octanol–water partition coefficient (Wildman–Crippen LogP) is 17.9. The van der Waals surface area contributed by atoms with E-state index in [0.717, 1.165) is 57.9 Å². The van der Waals surface area contributed by atoms with Crippen molar-refractivity contribution in [2.75, 3.05) is 14.2 Å². The Hall–Kier alpha value is -3.58. The van der Waals surface area contributed by atoms with E-state index in [1.54, 1.807) is 29.5 Å². The molecule has 2 aromatic carbocycles. The van der Waals surface area contributed by atoms with E-state index in [2.05, 4.69) is 61.5 Å². The molecule has 3 aliphatic carbocycles. The van der Waals surface area contributed by atoms with Crippen molar-refractivity contribution >= 4 is 66.6 Å². The quantitative estimate of drug-likeness (QED) is 0.148. The first-order valence-corrected chi connectivity index (χ1v) is 25.4. The summed E-state index contributed by atoms with van der Waals surface area (Å²) in [5, 5.41) is 0.0886. The smallest absolute Gasteiger partial charge is 0.380 e. The Morgan fingerprint density at radius 1 is 0.523 bits per heavy atom.